The van der Waals surface area contributed by atoms with Crippen molar-refractivity contribution in [3.8, 4) is 0 Å². The summed E-state index contributed by atoms with van der Waals surface area (Å²) in [5.41, 5.74) is 0. The Labute approximate surface area is 60.9 Å². The Morgan fingerprint density at radius 1 is 0.500 bits per heavy atom. The van der Waals surface area contributed by atoms with Crippen LogP contribution in [0.3, 0.4) is 0 Å². The monoisotopic (exact) mass is 178 g/mol. The van der Waals surface area contributed by atoms with Gasteiger partial charge >= 0.3 is 0 Å². The fraction of sp³-hybridized carbons (Fsp3) is 0. The van der Waals surface area contributed by atoms with Crippen molar-refractivity contribution in [2.45, 2.75) is 0 Å². The van der Waals surface area contributed by atoms with Gasteiger partial charge < -0.3 is 27.0 Å². The van der Waals surface area contributed by atoms with Gasteiger partial charge in [-0.3, -0.25) is 0 Å². The number of thiol groups is 2. The van der Waals surface area contributed by atoms with Crippen LogP contribution in [0.1, 0.15) is 0 Å². The van der Waals surface area contributed by atoms with Gasteiger partial charge in [-0.2, -0.15) is 0 Å². The zero-order chi connectivity index (χ0) is 0. The quantitative estimate of drug-likeness (QED) is 0.277. The van der Waals surface area contributed by atoms with Gasteiger partial charge in [0.1, 0.15) is 0 Å². The number of hydrogen-bond donors (Lipinski definition) is 0. The van der Waals surface area contributed by atoms with Gasteiger partial charge in [-0.25, -0.2) is 0 Å². The largest absolute Gasteiger partial charge is 0.813 e. The van der Waals surface area contributed by atoms with E-state index in [0.29, 0.717) is 0 Å². The van der Waals surface area contributed by atoms with Gasteiger partial charge in [0.2, 0.25) is 0 Å². The van der Waals surface area contributed by atoms with Crippen molar-refractivity contribution in [1.82, 2.24) is 0 Å². The maximum Gasteiger partial charge on any atom is 0 e. The summed E-state index contributed by atoms with van der Waals surface area (Å²) < 4.78 is 0. The molecule has 0 N–H and O–H groups in total. The van der Waals surface area contributed by atoms with Crippen LogP contribution in [0.5, 0.6) is 0 Å². The molecule has 0 radical (unpaired) electrons. The second-order valence-corrected chi connectivity index (χ2v) is 0. The van der Waals surface area contributed by atoms with Crippen molar-refractivity contribution in [2.75, 3.05) is 0 Å². The molecule has 0 aliphatic heterocycles. The summed E-state index contributed by atoms with van der Waals surface area (Å²) in [6.07, 6.45) is 0. The Balaban J connectivity index is 0. The van der Waals surface area contributed by atoms with Gasteiger partial charge in [0.15, 0.2) is 0 Å². The Hall–Kier alpha value is 1.74. The maximum atomic E-state index is 0. The van der Waals surface area contributed by atoms with Crippen molar-refractivity contribution in [2.24, 2.45) is 0 Å². The third-order valence-corrected chi connectivity index (χ3v) is 0. The van der Waals surface area contributed by atoms with E-state index in [1.165, 1.54) is 0 Å². The van der Waals surface area contributed by atoms with E-state index in [2.05, 4.69) is 0 Å². The van der Waals surface area contributed by atoms with Crippen molar-refractivity contribution >= 4 is 27.0 Å². The fourth-order valence-corrected chi connectivity index (χ4v) is 0. The minimum absolute atomic E-state index is 0. The van der Waals surface area contributed by atoms with Crippen LogP contribution in [-0.2, 0) is 61.1 Å². The molecule has 0 nitrogen and oxygen atoms in total. The molecule has 0 bridgehead atoms. The van der Waals surface area contributed by atoms with Crippen LogP contribution in [0.25, 0.3) is 0 Å². The molecular weight excluding hydrogens is 176 g/mol. The Kier molecular flexibility index (Phi) is 233. The molecule has 0 unspecified atom stereocenters. The summed E-state index contributed by atoms with van der Waals surface area (Å²) in [5, 5.41) is 0. The average molecular weight is 178 g/mol. The standard InChI is InChI=1S/2Fe.2H2S/h;;2*1H2/p-2. The van der Waals surface area contributed by atoms with Gasteiger partial charge in [-0.15, -0.1) is 0 Å². The first-order chi connectivity index (χ1) is 0. The third kappa shape index (κ3) is 9.28. The molecule has 32 valence electrons. The van der Waals surface area contributed by atoms with E-state index in [9.17, 15) is 0 Å². The van der Waals surface area contributed by atoms with Gasteiger partial charge in [0, 0.05) is 34.1 Å². The Bertz CT molecular complexity index is 4.00. The first-order valence-electron chi connectivity index (χ1n) is 0. The minimum Gasteiger partial charge on any atom is -0.813 e. The molecule has 0 spiro atoms. The summed E-state index contributed by atoms with van der Waals surface area (Å²) in [7, 11) is 0. The molecule has 0 atom stereocenters. The molecule has 0 aliphatic rings. The van der Waals surface area contributed by atoms with Gasteiger partial charge in [-0.1, -0.05) is 0 Å². The van der Waals surface area contributed by atoms with Crippen molar-refractivity contribution in [3.05, 3.63) is 0 Å². The number of rotatable bonds is 0. The van der Waals surface area contributed by atoms with E-state index in [4.69, 9.17) is 0 Å². The van der Waals surface area contributed by atoms with E-state index >= 15 is 0 Å². The average Bonchev–Trinajstić information content (AvgIpc) is 0. The summed E-state index contributed by atoms with van der Waals surface area (Å²) in [6, 6.07) is 0. The zero-order valence-corrected chi connectivity index (χ0v) is 5.60. The van der Waals surface area contributed by atoms with Crippen LogP contribution in [0.2, 0.25) is 0 Å². The summed E-state index contributed by atoms with van der Waals surface area (Å²) in [6.45, 7) is 0. The summed E-state index contributed by atoms with van der Waals surface area (Å²) >= 11 is 0. The predicted molar refractivity (Wildman–Crippen MR) is 17.5 cm³/mol. The summed E-state index contributed by atoms with van der Waals surface area (Å²) in [4.78, 5) is 0. The van der Waals surface area contributed by atoms with Gasteiger partial charge in [0.05, 0.1) is 0 Å². The second-order valence-electron chi connectivity index (χ2n) is 0. The molecule has 0 rings (SSSR count). The van der Waals surface area contributed by atoms with Crippen molar-refractivity contribution in [3.63, 3.8) is 0 Å². The topological polar surface area (TPSA) is 0 Å². The van der Waals surface area contributed by atoms with Crippen LogP contribution in [0.15, 0.2) is 0 Å². The number of hydrogen-bond acceptors (Lipinski definition) is 2. The maximum absolute atomic E-state index is 0. The van der Waals surface area contributed by atoms with Crippen LogP contribution in [0, 0.1) is 0 Å². The van der Waals surface area contributed by atoms with Crippen molar-refractivity contribution < 1.29 is 34.1 Å². The smallest absolute Gasteiger partial charge is 0 e. The first-order valence-corrected chi connectivity index (χ1v) is 0. The predicted octanol–water partition coefficient (Wildman–Crippen LogP) is -0.545. The van der Waals surface area contributed by atoms with E-state index in [1.807, 2.05) is 0 Å². The van der Waals surface area contributed by atoms with Crippen molar-refractivity contribution in [1.29, 1.82) is 0 Å². The molecule has 0 heterocycles. The first kappa shape index (κ1) is 42.6. The van der Waals surface area contributed by atoms with Crippen LogP contribution < -0.4 is 0 Å². The van der Waals surface area contributed by atoms with E-state index < -0.39 is 0 Å². The molecule has 0 saturated carbocycles. The zero-order valence-electron chi connectivity index (χ0n) is 1.60. The van der Waals surface area contributed by atoms with Crippen LogP contribution in [0.4, 0.5) is 0 Å². The second kappa shape index (κ2) is 21.9. The Morgan fingerprint density at radius 3 is 0.500 bits per heavy atom. The molecule has 0 aromatic heterocycles. The van der Waals surface area contributed by atoms with Gasteiger partial charge in [0.25, 0.3) is 0 Å². The van der Waals surface area contributed by atoms with Gasteiger partial charge in [-0.05, 0) is 0 Å². The molecular formula is H2Fe2S2-2. The fourth-order valence-electron chi connectivity index (χ4n) is 0. The molecule has 0 aromatic rings. The minimum atomic E-state index is 0. The Morgan fingerprint density at radius 2 is 0.500 bits per heavy atom. The van der Waals surface area contributed by atoms with E-state index in [-0.39, 0.29) is 61.1 Å². The SMILES string of the molecule is [Fe].[Fe].[SH-].[SH-]. The summed E-state index contributed by atoms with van der Waals surface area (Å²) in [5.74, 6) is 0. The normalized spacial score (nSPS) is 0. The molecule has 4 heavy (non-hydrogen) atoms. The van der Waals surface area contributed by atoms with E-state index in [1.54, 1.807) is 0 Å². The van der Waals surface area contributed by atoms with Crippen LogP contribution >= 0.6 is 0 Å². The molecule has 0 fully saturated rings. The molecule has 0 aliphatic carbocycles. The molecule has 0 amide bonds. The van der Waals surface area contributed by atoms with Crippen LogP contribution in [-0.4, -0.2) is 0 Å². The molecule has 0 aromatic carbocycles. The third-order valence-electron chi connectivity index (χ3n) is 0. The van der Waals surface area contributed by atoms with E-state index in [0.717, 1.165) is 0 Å². The molecule has 0 saturated heterocycles. The molecule has 4 heteroatoms.